The van der Waals surface area contributed by atoms with Crippen molar-refractivity contribution < 1.29 is 22.7 Å². The summed E-state index contributed by atoms with van der Waals surface area (Å²) in [7, 11) is -3.36. The monoisotopic (exact) mass is 382 g/mol. The van der Waals surface area contributed by atoms with Crippen molar-refractivity contribution in [1.29, 1.82) is 0 Å². The van der Waals surface area contributed by atoms with Crippen LogP contribution >= 0.6 is 0 Å². The third-order valence-corrected chi connectivity index (χ3v) is 4.91. The Hall–Kier alpha value is -1.82. The molecule has 0 bridgehead atoms. The summed E-state index contributed by atoms with van der Waals surface area (Å²) in [5.74, 6) is 5.70. The molecular formula is C18H26N2O5S. The first-order valence-corrected chi connectivity index (χ1v) is 10.4. The summed E-state index contributed by atoms with van der Waals surface area (Å²) in [5.41, 5.74) is -1.15. The number of carbonyl (C=O) groups excluding carboxylic acids is 1. The Kier molecular flexibility index (Phi) is 5.85. The third-order valence-electron chi connectivity index (χ3n) is 4.18. The SMILES string of the molecule is CC(C)[C@@H]1CN(C(=O)c2ccc(C#CC(C)(C)O)o2)C[C@H]1NS(C)(=O)=O. The molecule has 0 spiro atoms. The standard InChI is InChI=1S/C18H26N2O5S/c1-12(2)14-10-20(11-15(14)19-26(5,23)24)17(21)16-7-6-13(25-16)8-9-18(3,4)22/h6-7,12,14-15,19,22H,10-11H2,1-5H3/t14-,15+/m0/s1. The molecule has 1 aliphatic heterocycles. The van der Waals surface area contributed by atoms with Crippen LogP contribution < -0.4 is 4.72 Å². The minimum absolute atomic E-state index is 0.0260. The van der Waals surface area contributed by atoms with Crippen molar-refractivity contribution in [2.75, 3.05) is 19.3 Å². The molecule has 0 unspecified atom stereocenters. The molecule has 8 heteroatoms. The Bertz CT molecular complexity index is 824. The van der Waals surface area contributed by atoms with E-state index in [1.165, 1.54) is 0 Å². The van der Waals surface area contributed by atoms with Crippen molar-refractivity contribution in [2.45, 2.75) is 39.3 Å². The average molecular weight is 382 g/mol. The van der Waals surface area contributed by atoms with E-state index in [1.54, 1.807) is 30.9 Å². The summed E-state index contributed by atoms with van der Waals surface area (Å²) in [4.78, 5) is 14.3. The van der Waals surface area contributed by atoms with E-state index >= 15 is 0 Å². The molecule has 2 heterocycles. The number of likely N-dealkylation sites (tertiary alicyclic amines) is 1. The molecule has 1 amide bonds. The number of sulfonamides is 1. The number of carbonyl (C=O) groups is 1. The van der Waals surface area contributed by atoms with E-state index in [9.17, 15) is 18.3 Å². The van der Waals surface area contributed by atoms with Gasteiger partial charge in [-0.3, -0.25) is 4.79 Å². The highest BCUT2D eigenvalue weighted by Crippen LogP contribution is 2.26. The van der Waals surface area contributed by atoms with E-state index < -0.39 is 15.6 Å². The first-order chi connectivity index (χ1) is 11.9. The van der Waals surface area contributed by atoms with E-state index in [1.807, 2.05) is 13.8 Å². The fraction of sp³-hybridized carbons (Fsp3) is 0.611. The fourth-order valence-corrected chi connectivity index (χ4v) is 3.76. The Balaban J connectivity index is 2.14. The molecule has 1 saturated heterocycles. The van der Waals surface area contributed by atoms with Gasteiger partial charge in [-0.1, -0.05) is 19.8 Å². The summed E-state index contributed by atoms with van der Waals surface area (Å²) in [6, 6.07) is 2.80. The normalized spacial score (nSPS) is 21.0. The second-order valence-electron chi connectivity index (χ2n) is 7.59. The molecule has 2 N–H and O–H groups in total. The van der Waals surface area contributed by atoms with Crippen LogP contribution in [0.4, 0.5) is 0 Å². The van der Waals surface area contributed by atoms with E-state index in [-0.39, 0.29) is 29.5 Å². The van der Waals surface area contributed by atoms with E-state index in [2.05, 4.69) is 16.6 Å². The maximum absolute atomic E-state index is 12.7. The first kappa shape index (κ1) is 20.5. The maximum Gasteiger partial charge on any atom is 0.289 e. The van der Waals surface area contributed by atoms with Crippen molar-refractivity contribution in [3.8, 4) is 11.8 Å². The molecule has 0 radical (unpaired) electrons. The van der Waals surface area contributed by atoms with Crippen LogP contribution in [0.2, 0.25) is 0 Å². The maximum atomic E-state index is 12.7. The molecule has 0 aromatic carbocycles. The van der Waals surface area contributed by atoms with Crippen molar-refractivity contribution in [1.82, 2.24) is 9.62 Å². The summed E-state index contributed by atoms with van der Waals surface area (Å²) < 4.78 is 31.3. The summed E-state index contributed by atoms with van der Waals surface area (Å²) in [6.07, 6.45) is 1.12. The number of furan rings is 1. The highest BCUT2D eigenvalue weighted by atomic mass is 32.2. The summed E-state index contributed by atoms with van der Waals surface area (Å²) in [6.45, 7) is 7.87. The molecule has 2 atom stereocenters. The topological polar surface area (TPSA) is 99.8 Å². The number of hydrogen-bond acceptors (Lipinski definition) is 5. The number of rotatable bonds is 4. The zero-order valence-electron chi connectivity index (χ0n) is 15.7. The second-order valence-corrected chi connectivity index (χ2v) is 9.37. The predicted octanol–water partition coefficient (Wildman–Crippen LogP) is 1.05. The minimum Gasteiger partial charge on any atom is -0.443 e. The molecule has 0 aliphatic carbocycles. The number of amides is 1. The number of nitrogens with one attached hydrogen (secondary N) is 1. The fourth-order valence-electron chi connectivity index (χ4n) is 2.96. The van der Waals surface area contributed by atoms with Gasteiger partial charge in [0.25, 0.3) is 5.91 Å². The second kappa shape index (κ2) is 7.43. The number of hydrogen-bond donors (Lipinski definition) is 2. The van der Waals surface area contributed by atoms with Gasteiger partial charge in [0.2, 0.25) is 10.0 Å². The molecule has 1 aromatic heterocycles. The Morgan fingerprint density at radius 1 is 1.38 bits per heavy atom. The van der Waals surface area contributed by atoms with Crippen LogP contribution in [0, 0.1) is 23.7 Å². The van der Waals surface area contributed by atoms with Gasteiger partial charge in [-0.05, 0) is 43.7 Å². The molecule has 7 nitrogen and oxygen atoms in total. The number of aliphatic hydroxyl groups is 1. The molecule has 0 saturated carbocycles. The molecular weight excluding hydrogens is 356 g/mol. The zero-order valence-corrected chi connectivity index (χ0v) is 16.6. The van der Waals surface area contributed by atoms with Gasteiger partial charge in [-0.2, -0.15) is 0 Å². The first-order valence-electron chi connectivity index (χ1n) is 8.47. The number of nitrogens with zero attached hydrogens (tertiary/aromatic N) is 1. The molecule has 2 rings (SSSR count). The lowest BCUT2D eigenvalue weighted by atomic mass is 9.92. The van der Waals surface area contributed by atoms with Gasteiger partial charge >= 0.3 is 0 Å². The smallest absolute Gasteiger partial charge is 0.289 e. The molecule has 26 heavy (non-hydrogen) atoms. The van der Waals surface area contributed by atoms with Crippen LogP contribution in [0.1, 0.15) is 44.0 Å². The lowest BCUT2D eigenvalue weighted by Gasteiger charge is -2.21. The van der Waals surface area contributed by atoms with Crippen molar-refractivity contribution in [2.24, 2.45) is 11.8 Å². The molecule has 144 valence electrons. The molecule has 1 fully saturated rings. The van der Waals surface area contributed by atoms with Gasteiger partial charge < -0.3 is 14.4 Å². The Morgan fingerprint density at radius 2 is 2.04 bits per heavy atom. The van der Waals surface area contributed by atoms with Crippen LogP contribution in [0.25, 0.3) is 0 Å². The van der Waals surface area contributed by atoms with Crippen molar-refractivity contribution >= 4 is 15.9 Å². The van der Waals surface area contributed by atoms with E-state index in [4.69, 9.17) is 4.42 Å². The summed E-state index contributed by atoms with van der Waals surface area (Å²) >= 11 is 0. The van der Waals surface area contributed by atoms with Crippen molar-refractivity contribution in [3.63, 3.8) is 0 Å². The van der Waals surface area contributed by atoms with Gasteiger partial charge in [0.15, 0.2) is 11.5 Å². The molecule has 1 aromatic rings. The van der Waals surface area contributed by atoms with Crippen LogP contribution in [-0.4, -0.2) is 55.3 Å². The predicted molar refractivity (Wildman–Crippen MR) is 97.9 cm³/mol. The highest BCUT2D eigenvalue weighted by molar-refractivity contribution is 7.88. The van der Waals surface area contributed by atoms with Gasteiger partial charge in [0.1, 0.15) is 5.60 Å². The van der Waals surface area contributed by atoms with E-state index in [0.29, 0.717) is 18.8 Å². The van der Waals surface area contributed by atoms with Gasteiger partial charge in [0.05, 0.1) is 6.26 Å². The zero-order chi connectivity index (χ0) is 19.7. The third kappa shape index (κ3) is 5.59. The quantitative estimate of drug-likeness (QED) is 0.758. The van der Waals surface area contributed by atoms with Gasteiger partial charge in [-0.25, -0.2) is 13.1 Å². The van der Waals surface area contributed by atoms with Crippen LogP contribution in [0.15, 0.2) is 16.5 Å². The average Bonchev–Trinajstić information content (AvgIpc) is 3.08. The van der Waals surface area contributed by atoms with Gasteiger partial charge in [-0.15, -0.1) is 0 Å². The minimum atomic E-state index is -3.36. The van der Waals surface area contributed by atoms with Gasteiger partial charge in [0, 0.05) is 19.1 Å². The van der Waals surface area contributed by atoms with Crippen LogP contribution in [-0.2, 0) is 10.0 Å². The highest BCUT2D eigenvalue weighted by Gasteiger charge is 2.39. The lowest BCUT2D eigenvalue weighted by Crippen LogP contribution is -2.41. The van der Waals surface area contributed by atoms with E-state index in [0.717, 1.165) is 6.26 Å². The van der Waals surface area contributed by atoms with Crippen LogP contribution in [0.5, 0.6) is 0 Å². The molecule has 1 aliphatic rings. The van der Waals surface area contributed by atoms with Crippen LogP contribution in [0.3, 0.4) is 0 Å². The Morgan fingerprint density at radius 3 is 2.58 bits per heavy atom. The summed E-state index contributed by atoms with van der Waals surface area (Å²) in [5, 5.41) is 9.62. The largest absolute Gasteiger partial charge is 0.443 e. The van der Waals surface area contributed by atoms with Crippen molar-refractivity contribution in [3.05, 3.63) is 23.7 Å². The Labute approximate surface area is 154 Å². The lowest BCUT2D eigenvalue weighted by molar-refractivity contribution is 0.0750.